The minimum absolute atomic E-state index is 0.578. The maximum absolute atomic E-state index is 5.51. The molecule has 0 unspecified atom stereocenters. The van der Waals surface area contributed by atoms with Gasteiger partial charge in [-0.3, -0.25) is 4.99 Å². The fourth-order valence-electron chi connectivity index (χ4n) is 1.79. The van der Waals surface area contributed by atoms with Crippen LogP contribution in [0, 0.1) is 0 Å². The highest BCUT2D eigenvalue weighted by Gasteiger charge is 2.12. The summed E-state index contributed by atoms with van der Waals surface area (Å²) in [4.78, 5) is 8.50. The number of allylic oxidation sites excluding steroid dienone is 2. The van der Waals surface area contributed by atoms with Crippen molar-refractivity contribution in [3.8, 4) is 0 Å². The zero-order chi connectivity index (χ0) is 18.4. The van der Waals surface area contributed by atoms with E-state index >= 15 is 0 Å². The number of nitrogens with zero attached hydrogens (tertiary/aromatic N) is 2. The van der Waals surface area contributed by atoms with Gasteiger partial charge in [-0.25, -0.2) is 4.99 Å². The molecule has 1 aromatic rings. The molecule has 0 bridgehead atoms. The first kappa shape index (κ1) is 21.7. The van der Waals surface area contributed by atoms with Crippen LogP contribution in [0.1, 0.15) is 46.8 Å². The Hall–Kier alpha value is -2.30. The summed E-state index contributed by atoms with van der Waals surface area (Å²) >= 11 is 0. The topological polar surface area (TPSA) is 61.9 Å². The summed E-state index contributed by atoms with van der Waals surface area (Å²) in [5.41, 5.74) is 2.90. The molecule has 5 nitrogen and oxygen atoms in total. The number of rotatable bonds is 9. The lowest BCUT2D eigenvalue weighted by Crippen LogP contribution is -2.19. The van der Waals surface area contributed by atoms with E-state index in [-0.39, 0.29) is 0 Å². The monoisotopic (exact) mass is 332 g/mol. The summed E-state index contributed by atoms with van der Waals surface area (Å²) in [6.45, 7) is 15.7. The van der Waals surface area contributed by atoms with Gasteiger partial charge in [0.25, 0.3) is 0 Å². The van der Waals surface area contributed by atoms with Crippen molar-refractivity contribution in [1.29, 1.82) is 0 Å². The van der Waals surface area contributed by atoms with Crippen LogP contribution in [0.3, 0.4) is 0 Å². The minimum atomic E-state index is 0.578. The second-order valence-corrected chi connectivity index (χ2v) is 4.88. The Morgan fingerprint density at radius 2 is 2.00 bits per heavy atom. The van der Waals surface area contributed by atoms with Crippen LogP contribution in [0.25, 0.3) is 0 Å². The molecular weight excluding hydrogens is 300 g/mol. The predicted molar refractivity (Wildman–Crippen MR) is 105 cm³/mol. The summed E-state index contributed by atoms with van der Waals surface area (Å²) in [6, 6.07) is 3.75. The third-order valence-corrected chi connectivity index (χ3v) is 3.14. The average molecular weight is 332 g/mol. The first-order valence-corrected chi connectivity index (χ1v) is 8.47. The highest BCUT2D eigenvalue weighted by molar-refractivity contribution is 6.11. The maximum atomic E-state index is 5.51. The molecule has 1 rings (SSSR count). The summed E-state index contributed by atoms with van der Waals surface area (Å²) in [7, 11) is 1.73. The van der Waals surface area contributed by atoms with Crippen molar-refractivity contribution in [2.24, 2.45) is 9.98 Å². The van der Waals surface area contributed by atoms with Crippen molar-refractivity contribution >= 4 is 11.9 Å². The number of hydrogen-bond acceptors (Lipinski definition) is 5. The van der Waals surface area contributed by atoms with E-state index < -0.39 is 0 Å². The molecule has 0 fully saturated rings. The van der Waals surface area contributed by atoms with Crippen LogP contribution in [0.15, 0.2) is 56.5 Å². The van der Waals surface area contributed by atoms with Crippen LogP contribution in [0.4, 0.5) is 0 Å². The van der Waals surface area contributed by atoms with Gasteiger partial charge in [0, 0.05) is 25.5 Å². The molecule has 0 saturated heterocycles. The van der Waals surface area contributed by atoms with E-state index in [1.54, 1.807) is 19.5 Å². The molecule has 1 aromatic heterocycles. The van der Waals surface area contributed by atoms with Gasteiger partial charge in [-0.2, -0.15) is 0 Å². The van der Waals surface area contributed by atoms with Crippen molar-refractivity contribution < 1.29 is 4.42 Å². The predicted octanol–water partition coefficient (Wildman–Crippen LogP) is 4.15. The molecule has 2 N–H and O–H groups in total. The summed E-state index contributed by atoms with van der Waals surface area (Å²) < 4.78 is 5.51. The third-order valence-electron chi connectivity index (χ3n) is 3.14. The van der Waals surface area contributed by atoms with Crippen molar-refractivity contribution in [2.45, 2.75) is 41.0 Å². The number of nitrogens with one attached hydrogen (secondary N) is 2. The highest BCUT2D eigenvalue weighted by atomic mass is 16.3. The van der Waals surface area contributed by atoms with Gasteiger partial charge in [0.2, 0.25) is 0 Å². The molecule has 0 aromatic carbocycles. The molecular formula is C19H32N4O. The molecule has 0 radical (unpaired) electrons. The van der Waals surface area contributed by atoms with Crippen molar-refractivity contribution in [3.63, 3.8) is 0 Å². The lowest BCUT2D eigenvalue weighted by Gasteiger charge is -2.12. The summed E-state index contributed by atoms with van der Waals surface area (Å²) in [5.74, 6) is 1.30. The maximum Gasteiger partial charge on any atom is 0.152 e. The minimum Gasteiger partial charge on any atom is -0.463 e. The quantitative estimate of drug-likeness (QED) is 0.668. The largest absolute Gasteiger partial charge is 0.463 e. The number of hydrogen-bond donors (Lipinski definition) is 2. The smallest absolute Gasteiger partial charge is 0.152 e. The molecule has 1 heterocycles. The van der Waals surface area contributed by atoms with Crippen LogP contribution >= 0.6 is 0 Å². The van der Waals surface area contributed by atoms with Gasteiger partial charge >= 0.3 is 0 Å². The van der Waals surface area contributed by atoms with Crippen LogP contribution < -0.4 is 10.6 Å². The highest BCUT2D eigenvalue weighted by Crippen LogP contribution is 2.14. The second kappa shape index (κ2) is 13.2. The average Bonchev–Trinajstić information content (AvgIpc) is 3.13. The van der Waals surface area contributed by atoms with Gasteiger partial charge in [0.1, 0.15) is 11.5 Å². The zero-order valence-electron chi connectivity index (χ0n) is 15.9. The first-order valence-electron chi connectivity index (χ1n) is 8.47. The molecule has 0 aliphatic heterocycles. The fourth-order valence-corrected chi connectivity index (χ4v) is 1.79. The number of aliphatic imine (C=N–C) groups is 2. The Morgan fingerprint density at radius 1 is 1.29 bits per heavy atom. The van der Waals surface area contributed by atoms with Gasteiger partial charge in [0.15, 0.2) is 5.76 Å². The van der Waals surface area contributed by atoms with Crippen LogP contribution in [-0.2, 0) is 0 Å². The summed E-state index contributed by atoms with van der Waals surface area (Å²) in [6.07, 6.45) is 4.49. The van der Waals surface area contributed by atoms with Gasteiger partial charge in [-0.05, 0) is 38.0 Å². The molecule has 134 valence electrons. The second-order valence-electron chi connectivity index (χ2n) is 4.88. The SMILES string of the molecule is C=C(/N=C(\C(C)=C(/C)NCCC)c1ccco1)NCC=NC.CC. The van der Waals surface area contributed by atoms with Crippen LogP contribution in [0.2, 0.25) is 0 Å². The van der Waals surface area contributed by atoms with Gasteiger partial charge in [-0.15, -0.1) is 0 Å². The Labute approximate surface area is 146 Å². The van der Waals surface area contributed by atoms with E-state index in [0.29, 0.717) is 12.4 Å². The molecule has 0 atom stereocenters. The Kier molecular flexibility index (Phi) is 11.9. The van der Waals surface area contributed by atoms with Gasteiger partial charge in [0.05, 0.1) is 12.8 Å². The molecule has 0 saturated carbocycles. The molecule has 0 amide bonds. The molecule has 5 heteroatoms. The Balaban J connectivity index is 0.00000254. The van der Waals surface area contributed by atoms with Crippen LogP contribution in [-0.4, -0.2) is 32.1 Å². The van der Waals surface area contributed by atoms with E-state index in [4.69, 9.17) is 4.42 Å². The van der Waals surface area contributed by atoms with E-state index in [1.807, 2.05) is 39.8 Å². The zero-order valence-corrected chi connectivity index (χ0v) is 15.9. The molecule has 0 spiro atoms. The Morgan fingerprint density at radius 3 is 2.54 bits per heavy atom. The standard InChI is InChI=1S/C17H26N4O.C2H6/c1-6-9-19-14(3)13(2)17(16-8-7-12-22-16)21-15(4)20-11-10-18-5;1-2/h7-8,10,12,19-20H,4,6,9,11H2,1-3,5H3;1-2H3/b14-13+,18-10?,21-17+;. The van der Waals surface area contributed by atoms with E-state index in [9.17, 15) is 0 Å². The van der Waals surface area contributed by atoms with Crippen molar-refractivity contribution in [1.82, 2.24) is 10.6 Å². The summed E-state index contributed by atoms with van der Waals surface area (Å²) in [5, 5.41) is 6.48. The Bertz CT molecular complexity index is 554. The fraction of sp³-hybridized carbons (Fsp3) is 0.474. The first-order chi connectivity index (χ1) is 11.6. The molecule has 24 heavy (non-hydrogen) atoms. The van der Waals surface area contributed by atoms with Crippen molar-refractivity contribution in [3.05, 3.63) is 47.8 Å². The van der Waals surface area contributed by atoms with E-state index in [2.05, 4.69) is 34.1 Å². The lowest BCUT2D eigenvalue weighted by atomic mass is 10.1. The normalized spacial score (nSPS) is 12.3. The van der Waals surface area contributed by atoms with E-state index in [0.717, 1.165) is 35.7 Å². The van der Waals surface area contributed by atoms with E-state index in [1.165, 1.54) is 0 Å². The lowest BCUT2D eigenvalue weighted by molar-refractivity contribution is 0.557. The molecule has 0 aliphatic rings. The third kappa shape index (κ3) is 7.81. The van der Waals surface area contributed by atoms with Crippen LogP contribution in [0.5, 0.6) is 0 Å². The number of furan rings is 1. The van der Waals surface area contributed by atoms with Crippen molar-refractivity contribution in [2.75, 3.05) is 20.1 Å². The molecule has 0 aliphatic carbocycles. The van der Waals surface area contributed by atoms with Gasteiger partial charge < -0.3 is 15.1 Å². The van der Waals surface area contributed by atoms with Gasteiger partial charge in [-0.1, -0.05) is 27.4 Å².